The van der Waals surface area contributed by atoms with Gasteiger partial charge in [0.2, 0.25) is 5.91 Å². The molecule has 0 aliphatic heterocycles. The molecule has 0 saturated heterocycles. The van der Waals surface area contributed by atoms with Crippen LogP contribution in [0.4, 0.5) is 0 Å². The molecule has 0 heterocycles. The van der Waals surface area contributed by atoms with Crippen LogP contribution in [0.3, 0.4) is 0 Å². The lowest BCUT2D eigenvalue weighted by Crippen LogP contribution is -2.48. The van der Waals surface area contributed by atoms with Gasteiger partial charge >= 0.3 is 0 Å². The highest BCUT2D eigenvalue weighted by atomic mass is 16.3. The Morgan fingerprint density at radius 2 is 2.07 bits per heavy atom. The van der Waals surface area contributed by atoms with E-state index in [9.17, 15) is 4.79 Å². The first kappa shape index (κ1) is 12.5. The number of nitrogens with zero attached hydrogens (tertiary/aromatic N) is 1. The van der Waals surface area contributed by atoms with E-state index in [1.54, 1.807) is 4.90 Å². The van der Waals surface area contributed by atoms with Crippen LogP contribution in [0.1, 0.15) is 32.6 Å². The van der Waals surface area contributed by atoms with Crippen molar-refractivity contribution < 1.29 is 9.90 Å². The molecular formula is C11H22N2O2. The second kappa shape index (κ2) is 4.94. The number of aliphatic hydroxyl groups is 1. The summed E-state index contributed by atoms with van der Waals surface area (Å²) < 4.78 is 0. The van der Waals surface area contributed by atoms with Crippen molar-refractivity contribution in [3.05, 3.63) is 0 Å². The van der Waals surface area contributed by atoms with E-state index in [-0.39, 0.29) is 18.4 Å². The summed E-state index contributed by atoms with van der Waals surface area (Å²) in [6.45, 7) is 2.75. The lowest BCUT2D eigenvalue weighted by molar-refractivity contribution is -0.135. The fourth-order valence-corrected chi connectivity index (χ4v) is 2.07. The molecule has 0 atom stereocenters. The molecule has 4 heteroatoms. The summed E-state index contributed by atoms with van der Waals surface area (Å²) in [4.78, 5) is 13.6. The van der Waals surface area contributed by atoms with Crippen molar-refractivity contribution in [3.63, 3.8) is 0 Å². The maximum absolute atomic E-state index is 11.9. The van der Waals surface area contributed by atoms with Crippen LogP contribution in [0, 0.1) is 5.92 Å². The third-order valence-electron chi connectivity index (χ3n) is 3.50. The number of amides is 1. The van der Waals surface area contributed by atoms with Crippen LogP contribution in [-0.4, -0.2) is 41.7 Å². The van der Waals surface area contributed by atoms with Gasteiger partial charge < -0.3 is 15.7 Å². The molecule has 1 saturated carbocycles. The van der Waals surface area contributed by atoms with Gasteiger partial charge in [-0.25, -0.2) is 0 Å². The fraction of sp³-hybridized carbons (Fsp3) is 0.909. The van der Waals surface area contributed by atoms with Crippen LogP contribution in [0.15, 0.2) is 0 Å². The normalized spacial score (nSPS) is 31.3. The minimum absolute atomic E-state index is 0.0253. The van der Waals surface area contributed by atoms with Crippen molar-refractivity contribution >= 4 is 5.91 Å². The summed E-state index contributed by atoms with van der Waals surface area (Å²) in [5.74, 6) is 0.329. The van der Waals surface area contributed by atoms with Crippen LogP contribution in [0.5, 0.6) is 0 Å². The zero-order valence-electron chi connectivity index (χ0n) is 9.70. The number of nitrogens with two attached hydrogens (primary N) is 1. The Hall–Kier alpha value is -0.610. The molecule has 0 spiro atoms. The second-order valence-corrected chi connectivity index (χ2v) is 4.65. The Morgan fingerprint density at radius 3 is 2.47 bits per heavy atom. The Kier molecular flexibility index (Phi) is 4.11. The zero-order valence-corrected chi connectivity index (χ0v) is 9.70. The summed E-state index contributed by atoms with van der Waals surface area (Å²) in [5, 5.41) is 9.11. The first-order valence-corrected chi connectivity index (χ1v) is 5.67. The lowest BCUT2D eigenvalue weighted by Gasteiger charge is -2.36. The van der Waals surface area contributed by atoms with Crippen molar-refractivity contribution in [3.8, 4) is 0 Å². The number of hydrogen-bond donors (Lipinski definition) is 2. The SMILES string of the molecule is CCN(C)C(=O)C1CCC(N)(CO)CC1. The Balaban J connectivity index is 2.47. The molecule has 15 heavy (non-hydrogen) atoms. The minimum Gasteiger partial charge on any atom is -0.394 e. The van der Waals surface area contributed by atoms with Gasteiger partial charge in [0.05, 0.1) is 6.61 Å². The van der Waals surface area contributed by atoms with E-state index < -0.39 is 5.54 Å². The average molecular weight is 214 g/mol. The molecular weight excluding hydrogens is 192 g/mol. The van der Waals surface area contributed by atoms with Gasteiger partial charge in [-0.3, -0.25) is 4.79 Å². The van der Waals surface area contributed by atoms with E-state index in [1.807, 2.05) is 14.0 Å². The molecule has 0 radical (unpaired) electrons. The third-order valence-corrected chi connectivity index (χ3v) is 3.50. The van der Waals surface area contributed by atoms with Crippen LogP contribution in [0.2, 0.25) is 0 Å². The summed E-state index contributed by atoms with van der Waals surface area (Å²) in [5.41, 5.74) is 5.51. The smallest absolute Gasteiger partial charge is 0.225 e. The summed E-state index contributed by atoms with van der Waals surface area (Å²) in [7, 11) is 1.83. The van der Waals surface area contributed by atoms with Crippen molar-refractivity contribution in [2.75, 3.05) is 20.2 Å². The molecule has 0 aromatic carbocycles. The van der Waals surface area contributed by atoms with E-state index >= 15 is 0 Å². The van der Waals surface area contributed by atoms with Crippen molar-refractivity contribution in [2.45, 2.75) is 38.1 Å². The topological polar surface area (TPSA) is 66.6 Å². The molecule has 0 unspecified atom stereocenters. The van der Waals surface area contributed by atoms with E-state index in [2.05, 4.69) is 0 Å². The molecule has 0 aromatic heterocycles. The maximum atomic E-state index is 11.9. The molecule has 0 bridgehead atoms. The number of rotatable bonds is 3. The van der Waals surface area contributed by atoms with Crippen LogP contribution in [0.25, 0.3) is 0 Å². The highest BCUT2D eigenvalue weighted by Crippen LogP contribution is 2.30. The van der Waals surface area contributed by atoms with Gasteiger partial charge in [-0.1, -0.05) is 0 Å². The molecule has 1 amide bonds. The van der Waals surface area contributed by atoms with Crippen LogP contribution in [-0.2, 0) is 4.79 Å². The number of carbonyl (C=O) groups is 1. The molecule has 1 aliphatic rings. The van der Waals surface area contributed by atoms with Crippen molar-refractivity contribution in [1.29, 1.82) is 0 Å². The highest BCUT2D eigenvalue weighted by Gasteiger charge is 2.34. The quantitative estimate of drug-likeness (QED) is 0.712. The summed E-state index contributed by atoms with van der Waals surface area (Å²) >= 11 is 0. The highest BCUT2D eigenvalue weighted by molar-refractivity contribution is 5.78. The van der Waals surface area contributed by atoms with Gasteiger partial charge in [0.25, 0.3) is 0 Å². The standard InChI is InChI=1S/C11H22N2O2/c1-3-13(2)10(15)9-4-6-11(12,8-14)7-5-9/h9,14H,3-8,12H2,1-2H3. The predicted octanol–water partition coefficient (Wildman–Crippen LogP) is 0.345. The van der Waals surface area contributed by atoms with E-state index in [4.69, 9.17) is 10.8 Å². The molecule has 1 rings (SSSR count). The largest absolute Gasteiger partial charge is 0.394 e. The number of hydrogen-bond acceptors (Lipinski definition) is 3. The Bertz CT molecular complexity index is 223. The van der Waals surface area contributed by atoms with Gasteiger partial charge in [0.15, 0.2) is 0 Å². The van der Waals surface area contributed by atoms with Crippen molar-refractivity contribution in [1.82, 2.24) is 4.90 Å². The third kappa shape index (κ3) is 2.92. The van der Waals surface area contributed by atoms with E-state index in [0.29, 0.717) is 0 Å². The van der Waals surface area contributed by atoms with E-state index in [0.717, 1.165) is 32.2 Å². The molecule has 1 aliphatic carbocycles. The predicted molar refractivity (Wildman–Crippen MR) is 59.3 cm³/mol. The lowest BCUT2D eigenvalue weighted by atomic mass is 9.77. The van der Waals surface area contributed by atoms with Gasteiger partial charge in [-0.15, -0.1) is 0 Å². The fourth-order valence-electron chi connectivity index (χ4n) is 2.07. The summed E-state index contributed by atoms with van der Waals surface area (Å²) in [6, 6.07) is 0. The van der Waals surface area contributed by atoms with Gasteiger partial charge in [0.1, 0.15) is 0 Å². The van der Waals surface area contributed by atoms with Crippen molar-refractivity contribution in [2.24, 2.45) is 11.7 Å². The van der Waals surface area contributed by atoms with E-state index in [1.165, 1.54) is 0 Å². The molecule has 4 nitrogen and oxygen atoms in total. The minimum atomic E-state index is -0.443. The Labute approximate surface area is 91.4 Å². The molecule has 88 valence electrons. The van der Waals surface area contributed by atoms with Crippen LogP contribution >= 0.6 is 0 Å². The van der Waals surface area contributed by atoms with Gasteiger partial charge in [-0.05, 0) is 32.6 Å². The second-order valence-electron chi connectivity index (χ2n) is 4.65. The number of carbonyl (C=O) groups excluding carboxylic acids is 1. The number of aliphatic hydroxyl groups excluding tert-OH is 1. The average Bonchev–Trinajstić information content (AvgIpc) is 2.28. The maximum Gasteiger partial charge on any atom is 0.225 e. The summed E-state index contributed by atoms with van der Waals surface area (Å²) in [6.07, 6.45) is 3.11. The monoisotopic (exact) mass is 214 g/mol. The first-order valence-electron chi connectivity index (χ1n) is 5.67. The van der Waals surface area contributed by atoms with Gasteiger partial charge in [-0.2, -0.15) is 0 Å². The van der Waals surface area contributed by atoms with Gasteiger partial charge in [0, 0.05) is 25.0 Å². The Morgan fingerprint density at radius 1 is 1.53 bits per heavy atom. The van der Waals surface area contributed by atoms with Crippen LogP contribution < -0.4 is 5.73 Å². The molecule has 1 fully saturated rings. The zero-order chi connectivity index (χ0) is 11.5. The molecule has 3 N–H and O–H groups in total. The first-order chi connectivity index (χ1) is 7.02. The molecule has 0 aromatic rings.